The fourth-order valence-corrected chi connectivity index (χ4v) is 5.07. The van der Waals surface area contributed by atoms with Gasteiger partial charge in [-0.2, -0.15) is 0 Å². The largest absolute Gasteiger partial charge is 0.481 e. The van der Waals surface area contributed by atoms with E-state index in [1.807, 2.05) is 31.2 Å². The molecule has 0 saturated carbocycles. The molecule has 1 aliphatic rings. The molecular weight excluding hydrogens is 410 g/mol. The summed E-state index contributed by atoms with van der Waals surface area (Å²) in [5.41, 5.74) is 2.83. The Balaban J connectivity index is 1.78. The molecule has 3 rings (SSSR count). The lowest BCUT2D eigenvalue weighted by Crippen LogP contribution is -2.32. The first-order chi connectivity index (χ1) is 14.7. The van der Waals surface area contributed by atoms with Crippen LogP contribution in [0.3, 0.4) is 0 Å². The fraction of sp³-hybridized carbons (Fsp3) is 0.520. The Hall–Kier alpha value is -2.34. The molecule has 1 aromatic heterocycles. The van der Waals surface area contributed by atoms with Crippen molar-refractivity contribution in [3.05, 3.63) is 45.8 Å². The number of hydrogen-bond donors (Lipinski definition) is 1. The van der Waals surface area contributed by atoms with Gasteiger partial charge >= 0.3 is 5.97 Å². The van der Waals surface area contributed by atoms with Crippen molar-refractivity contribution in [3.63, 3.8) is 0 Å². The first kappa shape index (κ1) is 23.3. The number of rotatable bonds is 7. The molecule has 0 radical (unpaired) electrons. The van der Waals surface area contributed by atoms with E-state index in [0.717, 1.165) is 31.2 Å². The molecule has 168 valence electrons. The SMILES string of the molecule is CCOC(=O)c1c(NC(=O)[C@H](CC)Oc2ccc(C(C)(C)C)cc2)sc2c1CCCC2. The first-order valence-electron chi connectivity index (χ1n) is 11.1. The molecule has 1 atom stereocenters. The molecule has 6 heteroatoms. The number of anilines is 1. The van der Waals surface area contributed by atoms with E-state index in [2.05, 4.69) is 26.1 Å². The Bertz CT molecular complexity index is 924. The van der Waals surface area contributed by atoms with Gasteiger partial charge in [-0.1, -0.05) is 39.8 Å². The molecule has 0 bridgehead atoms. The van der Waals surface area contributed by atoms with E-state index in [1.165, 1.54) is 21.8 Å². The molecule has 1 aliphatic carbocycles. The number of thiophene rings is 1. The molecule has 0 aliphatic heterocycles. The van der Waals surface area contributed by atoms with Crippen molar-refractivity contribution in [2.24, 2.45) is 0 Å². The van der Waals surface area contributed by atoms with Gasteiger partial charge in [0, 0.05) is 4.88 Å². The third-order valence-corrected chi connectivity index (χ3v) is 6.76. The monoisotopic (exact) mass is 443 g/mol. The summed E-state index contributed by atoms with van der Waals surface area (Å²) in [6, 6.07) is 7.88. The first-order valence-corrected chi connectivity index (χ1v) is 12.0. The van der Waals surface area contributed by atoms with Crippen LogP contribution >= 0.6 is 11.3 Å². The average Bonchev–Trinajstić information content (AvgIpc) is 3.09. The number of amides is 1. The van der Waals surface area contributed by atoms with Gasteiger partial charge in [-0.05, 0) is 67.7 Å². The van der Waals surface area contributed by atoms with Crippen molar-refractivity contribution < 1.29 is 19.1 Å². The predicted octanol–water partition coefficient (Wildman–Crippen LogP) is 5.90. The summed E-state index contributed by atoms with van der Waals surface area (Å²) in [5, 5.41) is 3.55. The number of ether oxygens (including phenoxy) is 2. The molecule has 31 heavy (non-hydrogen) atoms. The number of nitrogens with one attached hydrogen (secondary N) is 1. The fourth-order valence-electron chi connectivity index (χ4n) is 3.79. The molecule has 1 heterocycles. The van der Waals surface area contributed by atoms with E-state index >= 15 is 0 Å². The molecule has 0 unspecified atom stereocenters. The Labute approximate surface area is 189 Å². The van der Waals surface area contributed by atoms with Crippen molar-refractivity contribution in [2.75, 3.05) is 11.9 Å². The van der Waals surface area contributed by atoms with Crippen LogP contribution in [-0.2, 0) is 27.8 Å². The van der Waals surface area contributed by atoms with Crippen LogP contribution in [0.25, 0.3) is 0 Å². The van der Waals surface area contributed by atoms with Gasteiger partial charge in [0.2, 0.25) is 0 Å². The Morgan fingerprint density at radius 3 is 2.39 bits per heavy atom. The molecule has 0 saturated heterocycles. The van der Waals surface area contributed by atoms with Crippen LogP contribution in [0.2, 0.25) is 0 Å². The summed E-state index contributed by atoms with van der Waals surface area (Å²) in [6.45, 7) is 10.5. The zero-order valence-corrected chi connectivity index (χ0v) is 20.0. The number of hydrogen-bond acceptors (Lipinski definition) is 5. The molecule has 2 aromatic rings. The number of carbonyl (C=O) groups is 2. The van der Waals surface area contributed by atoms with Crippen molar-refractivity contribution in [2.45, 2.75) is 78.2 Å². The van der Waals surface area contributed by atoms with Crippen LogP contribution in [-0.4, -0.2) is 24.6 Å². The highest BCUT2D eigenvalue weighted by Gasteiger charge is 2.29. The normalized spacial score (nSPS) is 14.5. The Kier molecular flexibility index (Phi) is 7.42. The molecular formula is C25H33NO4S. The lowest BCUT2D eigenvalue weighted by atomic mass is 9.87. The third kappa shape index (κ3) is 5.48. The molecule has 0 spiro atoms. The zero-order valence-electron chi connectivity index (χ0n) is 19.2. The second-order valence-electron chi connectivity index (χ2n) is 8.91. The summed E-state index contributed by atoms with van der Waals surface area (Å²) in [6.07, 6.45) is 3.82. The Morgan fingerprint density at radius 1 is 1.10 bits per heavy atom. The van der Waals surface area contributed by atoms with E-state index < -0.39 is 6.10 Å². The summed E-state index contributed by atoms with van der Waals surface area (Å²) >= 11 is 1.50. The third-order valence-electron chi connectivity index (χ3n) is 5.55. The quantitative estimate of drug-likeness (QED) is 0.541. The van der Waals surface area contributed by atoms with Gasteiger partial charge in [-0.3, -0.25) is 4.79 Å². The molecule has 1 aromatic carbocycles. The van der Waals surface area contributed by atoms with Crippen molar-refractivity contribution in [3.8, 4) is 5.75 Å². The van der Waals surface area contributed by atoms with Gasteiger partial charge in [0.25, 0.3) is 5.91 Å². The second-order valence-corrected chi connectivity index (χ2v) is 10.0. The van der Waals surface area contributed by atoms with Crippen LogP contribution in [0.5, 0.6) is 5.75 Å². The minimum Gasteiger partial charge on any atom is -0.481 e. The smallest absolute Gasteiger partial charge is 0.341 e. The van der Waals surface area contributed by atoms with E-state index in [-0.39, 0.29) is 17.3 Å². The van der Waals surface area contributed by atoms with Gasteiger partial charge in [0.05, 0.1) is 12.2 Å². The van der Waals surface area contributed by atoms with E-state index in [1.54, 1.807) is 6.92 Å². The highest BCUT2D eigenvalue weighted by molar-refractivity contribution is 7.17. The summed E-state index contributed by atoms with van der Waals surface area (Å²) < 4.78 is 11.3. The van der Waals surface area contributed by atoms with Crippen molar-refractivity contribution in [1.82, 2.24) is 0 Å². The van der Waals surface area contributed by atoms with E-state index in [0.29, 0.717) is 29.3 Å². The molecule has 5 nitrogen and oxygen atoms in total. The maximum absolute atomic E-state index is 13.0. The van der Waals surface area contributed by atoms with Crippen molar-refractivity contribution >= 4 is 28.2 Å². The van der Waals surface area contributed by atoms with Gasteiger partial charge in [-0.25, -0.2) is 4.79 Å². The summed E-state index contributed by atoms with van der Waals surface area (Å²) in [4.78, 5) is 26.8. The topological polar surface area (TPSA) is 64.6 Å². The second kappa shape index (κ2) is 9.86. The number of aryl methyl sites for hydroxylation is 1. The van der Waals surface area contributed by atoms with Crippen LogP contribution in [0.1, 0.15) is 80.2 Å². The zero-order chi connectivity index (χ0) is 22.6. The molecule has 0 fully saturated rings. The standard InChI is InChI=1S/C25H33NO4S/c1-6-19(30-17-14-12-16(13-15-17)25(3,4)5)22(27)26-23-21(24(28)29-7-2)18-10-8-9-11-20(18)31-23/h12-15,19H,6-11H2,1-5H3,(H,26,27)/t19-/m0/s1. The molecule has 1 N–H and O–H groups in total. The number of benzene rings is 1. The van der Waals surface area contributed by atoms with Crippen LogP contribution < -0.4 is 10.1 Å². The van der Waals surface area contributed by atoms with Crippen LogP contribution in [0.4, 0.5) is 5.00 Å². The predicted molar refractivity (Wildman–Crippen MR) is 125 cm³/mol. The maximum atomic E-state index is 13.0. The van der Waals surface area contributed by atoms with Gasteiger partial charge < -0.3 is 14.8 Å². The van der Waals surface area contributed by atoms with Gasteiger partial charge in [0.15, 0.2) is 6.10 Å². The lowest BCUT2D eigenvalue weighted by molar-refractivity contribution is -0.122. The average molecular weight is 444 g/mol. The lowest BCUT2D eigenvalue weighted by Gasteiger charge is -2.21. The maximum Gasteiger partial charge on any atom is 0.341 e. The summed E-state index contributed by atoms with van der Waals surface area (Å²) in [5.74, 6) is 0.0570. The van der Waals surface area contributed by atoms with E-state index in [4.69, 9.17) is 9.47 Å². The number of fused-ring (bicyclic) bond motifs is 1. The molecule has 1 amide bonds. The van der Waals surface area contributed by atoms with Crippen LogP contribution in [0, 0.1) is 0 Å². The van der Waals surface area contributed by atoms with Crippen LogP contribution in [0.15, 0.2) is 24.3 Å². The number of esters is 1. The Morgan fingerprint density at radius 2 is 1.77 bits per heavy atom. The van der Waals surface area contributed by atoms with E-state index in [9.17, 15) is 9.59 Å². The summed E-state index contributed by atoms with van der Waals surface area (Å²) in [7, 11) is 0. The highest BCUT2D eigenvalue weighted by Crippen LogP contribution is 2.38. The highest BCUT2D eigenvalue weighted by atomic mass is 32.1. The number of carbonyl (C=O) groups excluding carboxylic acids is 2. The minimum absolute atomic E-state index is 0.0574. The van der Waals surface area contributed by atoms with Gasteiger partial charge in [-0.15, -0.1) is 11.3 Å². The minimum atomic E-state index is -0.644. The van der Waals surface area contributed by atoms with Gasteiger partial charge in [0.1, 0.15) is 10.8 Å². The van der Waals surface area contributed by atoms with Crippen molar-refractivity contribution in [1.29, 1.82) is 0 Å².